The smallest absolute Gasteiger partial charge is 0.269 e. The summed E-state index contributed by atoms with van der Waals surface area (Å²) < 4.78 is 5.41. The zero-order chi connectivity index (χ0) is 14.1. The van der Waals surface area contributed by atoms with Gasteiger partial charge in [0.2, 0.25) is 0 Å². The summed E-state index contributed by atoms with van der Waals surface area (Å²) >= 11 is 0. The first-order valence-electron chi connectivity index (χ1n) is 6.16. The van der Waals surface area contributed by atoms with Gasteiger partial charge in [-0.2, -0.15) is 0 Å². The Morgan fingerprint density at radius 2 is 1.70 bits per heavy atom. The third-order valence-corrected chi connectivity index (χ3v) is 3.24. The van der Waals surface area contributed by atoms with Crippen LogP contribution in [-0.2, 0) is 4.74 Å². The summed E-state index contributed by atoms with van der Waals surface area (Å²) in [4.78, 5) is 22.2. The second-order valence-electron chi connectivity index (χ2n) is 4.56. The Morgan fingerprint density at radius 3 is 2.30 bits per heavy atom. The van der Waals surface area contributed by atoms with Gasteiger partial charge in [0.25, 0.3) is 5.69 Å². The number of rotatable bonds is 4. The first kappa shape index (κ1) is 12.5. The van der Waals surface area contributed by atoms with Crippen LogP contribution >= 0.6 is 0 Å². The van der Waals surface area contributed by atoms with Gasteiger partial charge in [-0.15, -0.1) is 0 Å². The molecule has 0 amide bonds. The van der Waals surface area contributed by atoms with E-state index < -0.39 is 11.0 Å². The highest BCUT2D eigenvalue weighted by molar-refractivity contribution is 6.01. The number of benzene rings is 2. The molecule has 0 unspecified atom stereocenters. The van der Waals surface area contributed by atoms with E-state index >= 15 is 0 Å². The molecule has 0 radical (unpaired) electrons. The lowest BCUT2D eigenvalue weighted by molar-refractivity contribution is -0.384. The van der Waals surface area contributed by atoms with Crippen molar-refractivity contribution in [2.24, 2.45) is 0 Å². The van der Waals surface area contributed by atoms with Crippen molar-refractivity contribution in [3.8, 4) is 0 Å². The van der Waals surface area contributed by atoms with Crippen LogP contribution in [0.2, 0.25) is 0 Å². The maximum absolute atomic E-state index is 12.2. The molecule has 0 aliphatic carbocycles. The third-order valence-electron chi connectivity index (χ3n) is 3.24. The normalized spacial score (nSPS) is 20.4. The van der Waals surface area contributed by atoms with Crippen LogP contribution in [-0.4, -0.2) is 16.8 Å². The predicted molar refractivity (Wildman–Crippen MR) is 71.5 cm³/mol. The Morgan fingerprint density at radius 1 is 1.05 bits per heavy atom. The first-order chi connectivity index (χ1) is 9.66. The molecule has 3 rings (SSSR count). The minimum absolute atomic E-state index is 0.0297. The molecule has 1 aliphatic rings. The fourth-order valence-corrected chi connectivity index (χ4v) is 2.12. The number of non-ortho nitro benzene ring substituents is 1. The lowest BCUT2D eigenvalue weighted by Crippen LogP contribution is -2.08. The molecule has 2 aromatic rings. The molecule has 0 bridgehead atoms. The Hall–Kier alpha value is -2.53. The number of hydrogen-bond acceptors (Lipinski definition) is 4. The molecule has 0 saturated carbocycles. The van der Waals surface area contributed by atoms with E-state index in [1.54, 1.807) is 0 Å². The fourth-order valence-electron chi connectivity index (χ4n) is 2.12. The number of ketones is 1. The van der Waals surface area contributed by atoms with E-state index in [-0.39, 0.29) is 17.6 Å². The van der Waals surface area contributed by atoms with E-state index in [9.17, 15) is 14.9 Å². The number of nitrogens with zero attached hydrogens (tertiary/aromatic N) is 1. The number of nitro benzene ring substituents is 1. The van der Waals surface area contributed by atoms with Gasteiger partial charge in [-0.05, 0) is 17.7 Å². The molecular formula is C15H11NO4. The highest BCUT2D eigenvalue weighted by atomic mass is 16.6. The van der Waals surface area contributed by atoms with Crippen LogP contribution in [0.4, 0.5) is 5.69 Å². The van der Waals surface area contributed by atoms with Crippen LogP contribution in [0.15, 0.2) is 54.6 Å². The summed E-state index contributed by atoms with van der Waals surface area (Å²) in [5.74, 6) is -0.145. The number of Topliss-reactive ketones (excluding diaryl/α,β-unsaturated/α-hetero) is 1. The summed E-state index contributed by atoms with van der Waals surface area (Å²) in [7, 11) is 0. The Kier molecular flexibility index (Phi) is 3.04. The average Bonchev–Trinajstić information content (AvgIpc) is 3.28. The second kappa shape index (κ2) is 4.86. The number of carbonyl (C=O) groups is 1. The highest BCUT2D eigenvalue weighted by Crippen LogP contribution is 2.40. The number of epoxide rings is 1. The minimum atomic E-state index is -0.491. The summed E-state index contributed by atoms with van der Waals surface area (Å²) in [5.41, 5.74) is 1.37. The van der Waals surface area contributed by atoms with E-state index in [0.29, 0.717) is 5.56 Å². The Balaban J connectivity index is 1.73. The molecule has 1 saturated heterocycles. The molecule has 5 heteroatoms. The van der Waals surface area contributed by atoms with Crippen LogP contribution in [0.5, 0.6) is 0 Å². The molecule has 2 atom stereocenters. The van der Waals surface area contributed by atoms with Crippen LogP contribution in [0.3, 0.4) is 0 Å². The zero-order valence-electron chi connectivity index (χ0n) is 10.4. The van der Waals surface area contributed by atoms with Gasteiger partial charge in [0.05, 0.1) is 4.92 Å². The standard InChI is InChI=1S/C15H11NO4/c17-13(10-6-8-12(9-7-10)16(18)19)15-14(20-15)11-4-2-1-3-5-11/h1-9,14-15H/t14-,15-/m1/s1. The monoisotopic (exact) mass is 269 g/mol. The van der Waals surface area contributed by atoms with E-state index in [0.717, 1.165) is 5.56 Å². The van der Waals surface area contributed by atoms with Crippen molar-refractivity contribution in [1.82, 2.24) is 0 Å². The van der Waals surface area contributed by atoms with Crippen molar-refractivity contribution in [3.63, 3.8) is 0 Å². The quantitative estimate of drug-likeness (QED) is 0.370. The molecule has 1 aliphatic heterocycles. The molecule has 5 nitrogen and oxygen atoms in total. The van der Waals surface area contributed by atoms with Crippen molar-refractivity contribution in [2.45, 2.75) is 12.2 Å². The van der Waals surface area contributed by atoms with Crippen molar-refractivity contribution < 1.29 is 14.5 Å². The van der Waals surface area contributed by atoms with Gasteiger partial charge in [-0.25, -0.2) is 0 Å². The van der Waals surface area contributed by atoms with Crippen LogP contribution in [0, 0.1) is 10.1 Å². The van der Waals surface area contributed by atoms with Gasteiger partial charge >= 0.3 is 0 Å². The topological polar surface area (TPSA) is 72.7 Å². The second-order valence-corrected chi connectivity index (χ2v) is 4.56. The highest BCUT2D eigenvalue weighted by Gasteiger charge is 2.46. The summed E-state index contributed by atoms with van der Waals surface area (Å²) in [5, 5.41) is 10.6. The number of nitro groups is 1. The van der Waals surface area contributed by atoms with Gasteiger partial charge in [-0.1, -0.05) is 30.3 Å². The molecule has 1 fully saturated rings. The number of hydrogen-bond donors (Lipinski definition) is 0. The van der Waals surface area contributed by atoms with E-state index in [1.165, 1.54) is 24.3 Å². The van der Waals surface area contributed by atoms with Gasteiger partial charge in [0.1, 0.15) is 6.10 Å². The van der Waals surface area contributed by atoms with Crippen molar-refractivity contribution in [3.05, 3.63) is 75.8 Å². The van der Waals surface area contributed by atoms with Crippen molar-refractivity contribution in [2.75, 3.05) is 0 Å². The molecule has 0 N–H and O–H groups in total. The SMILES string of the molecule is O=C(c1ccc([N+](=O)[O-])cc1)[C@H]1O[C@@H]1c1ccccc1. The summed E-state index contributed by atoms with van der Waals surface area (Å²) in [6, 6.07) is 15.1. The molecule has 0 aromatic heterocycles. The minimum Gasteiger partial charge on any atom is -0.356 e. The van der Waals surface area contributed by atoms with Crippen molar-refractivity contribution >= 4 is 11.5 Å². The molecule has 1 heterocycles. The number of carbonyl (C=O) groups excluding carboxylic acids is 1. The third kappa shape index (κ3) is 2.31. The van der Waals surface area contributed by atoms with Gasteiger partial charge in [0, 0.05) is 17.7 Å². The summed E-state index contributed by atoms with van der Waals surface area (Å²) in [6.45, 7) is 0. The zero-order valence-corrected chi connectivity index (χ0v) is 10.4. The Bertz CT molecular complexity index is 651. The molecule has 20 heavy (non-hydrogen) atoms. The number of ether oxygens (including phenoxy) is 1. The average molecular weight is 269 g/mol. The molecule has 0 spiro atoms. The van der Waals surface area contributed by atoms with Gasteiger partial charge in [0.15, 0.2) is 11.9 Å². The largest absolute Gasteiger partial charge is 0.356 e. The summed E-state index contributed by atoms with van der Waals surface area (Å²) in [6.07, 6.45) is -0.697. The van der Waals surface area contributed by atoms with Crippen LogP contribution in [0.1, 0.15) is 22.0 Å². The van der Waals surface area contributed by atoms with Gasteiger partial charge < -0.3 is 4.74 Å². The van der Waals surface area contributed by atoms with Crippen molar-refractivity contribution in [1.29, 1.82) is 0 Å². The molecular weight excluding hydrogens is 258 g/mol. The fraction of sp³-hybridized carbons (Fsp3) is 0.133. The predicted octanol–water partition coefficient (Wildman–Crippen LogP) is 2.92. The lowest BCUT2D eigenvalue weighted by atomic mass is 10.0. The maximum Gasteiger partial charge on any atom is 0.269 e. The van der Waals surface area contributed by atoms with Gasteiger partial charge in [-0.3, -0.25) is 14.9 Å². The lowest BCUT2D eigenvalue weighted by Gasteiger charge is -1.98. The Labute approximate surface area is 115 Å². The van der Waals surface area contributed by atoms with Crippen LogP contribution in [0.25, 0.3) is 0 Å². The molecule has 100 valence electrons. The maximum atomic E-state index is 12.2. The van der Waals surface area contributed by atoms with E-state index in [2.05, 4.69) is 0 Å². The van der Waals surface area contributed by atoms with E-state index in [4.69, 9.17) is 4.74 Å². The van der Waals surface area contributed by atoms with Crippen LogP contribution < -0.4 is 0 Å². The van der Waals surface area contributed by atoms with E-state index in [1.807, 2.05) is 30.3 Å². The molecule has 2 aromatic carbocycles. The first-order valence-corrected chi connectivity index (χ1v) is 6.16.